The molecule has 1 amide bonds. The molecule has 6 nitrogen and oxygen atoms in total. The summed E-state index contributed by atoms with van der Waals surface area (Å²) < 4.78 is 33.3. The molecule has 0 spiro atoms. The van der Waals surface area contributed by atoms with Crippen LogP contribution in [0.15, 0.2) is 41.2 Å². The molecule has 2 unspecified atom stereocenters. The highest BCUT2D eigenvalue weighted by molar-refractivity contribution is 6.30. The van der Waals surface area contributed by atoms with Gasteiger partial charge in [0, 0.05) is 23.3 Å². The van der Waals surface area contributed by atoms with Crippen molar-refractivity contribution in [2.45, 2.75) is 18.7 Å². The van der Waals surface area contributed by atoms with E-state index < -0.39 is 35.2 Å². The van der Waals surface area contributed by atoms with E-state index in [4.69, 9.17) is 22.1 Å². The molecule has 156 valence electrons. The number of nitrogens with one attached hydrogen (secondary N) is 1. The third-order valence-electron chi connectivity index (χ3n) is 5.35. The average Bonchev–Trinajstić information content (AvgIpc) is 2.73. The van der Waals surface area contributed by atoms with Crippen LogP contribution in [0.4, 0.5) is 8.78 Å². The topological polar surface area (TPSA) is 88.4 Å². The monoisotopic (exact) mass is 433 g/mol. The van der Waals surface area contributed by atoms with E-state index in [1.54, 1.807) is 31.3 Å². The van der Waals surface area contributed by atoms with E-state index in [9.17, 15) is 18.4 Å². The summed E-state index contributed by atoms with van der Waals surface area (Å²) in [5.41, 5.74) is 7.09. The second kappa shape index (κ2) is 7.79. The summed E-state index contributed by atoms with van der Waals surface area (Å²) in [6.45, 7) is 0.198. The van der Waals surface area contributed by atoms with Gasteiger partial charge in [-0.25, -0.2) is 8.78 Å². The third-order valence-corrected chi connectivity index (χ3v) is 5.60. The van der Waals surface area contributed by atoms with Crippen LogP contribution < -0.4 is 11.3 Å². The van der Waals surface area contributed by atoms with Crippen molar-refractivity contribution >= 4 is 28.3 Å². The Balaban J connectivity index is 1.77. The van der Waals surface area contributed by atoms with Crippen molar-refractivity contribution in [1.82, 2.24) is 9.88 Å². The standard InChI is InChI=1S/C21H18ClF2N3O3/c1-27(21(29)19(25)10-2-4-11(22)5-3-10)17-9-30-8-16-18(17)12-6-14(23)15(24)7-13(12)20(28)26-16/h2-7,17,19H,8-9,25H2,1H3,(H,26,28). The lowest BCUT2D eigenvalue weighted by atomic mass is 9.94. The van der Waals surface area contributed by atoms with E-state index in [-0.39, 0.29) is 24.0 Å². The average molecular weight is 434 g/mol. The first-order valence-electron chi connectivity index (χ1n) is 9.17. The fourth-order valence-electron chi connectivity index (χ4n) is 3.73. The zero-order valence-corrected chi connectivity index (χ0v) is 16.7. The molecule has 4 rings (SSSR count). The van der Waals surface area contributed by atoms with Crippen LogP contribution in [0.1, 0.15) is 28.9 Å². The second-order valence-corrected chi connectivity index (χ2v) is 7.60. The van der Waals surface area contributed by atoms with Gasteiger partial charge in [-0.3, -0.25) is 9.59 Å². The van der Waals surface area contributed by atoms with Crippen LogP contribution in [-0.4, -0.2) is 29.4 Å². The predicted octanol–water partition coefficient (Wildman–Crippen LogP) is 3.19. The van der Waals surface area contributed by atoms with Crippen LogP contribution >= 0.6 is 11.6 Å². The molecule has 1 aromatic heterocycles. The van der Waals surface area contributed by atoms with Crippen LogP contribution in [0.2, 0.25) is 5.02 Å². The van der Waals surface area contributed by atoms with Crippen molar-refractivity contribution in [3.05, 3.63) is 80.2 Å². The van der Waals surface area contributed by atoms with Gasteiger partial charge in [-0.1, -0.05) is 23.7 Å². The summed E-state index contributed by atoms with van der Waals surface area (Å²) >= 11 is 5.89. The molecule has 0 radical (unpaired) electrons. The van der Waals surface area contributed by atoms with Crippen molar-refractivity contribution < 1.29 is 18.3 Å². The molecule has 2 aromatic carbocycles. The molecule has 0 bridgehead atoms. The molecule has 0 saturated heterocycles. The number of ether oxygens (including phenoxy) is 1. The molecular weight excluding hydrogens is 416 g/mol. The Morgan fingerprint density at radius 1 is 1.23 bits per heavy atom. The number of pyridine rings is 1. The Morgan fingerprint density at radius 3 is 2.53 bits per heavy atom. The highest BCUT2D eigenvalue weighted by Gasteiger charge is 2.33. The van der Waals surface area contributed by atoms with Crippen LogP contribution in [0, 0.1) is 11.6 Å². The third kappa shape index (κ3) is 3.47. The first-order chi connectivity index (χ1) is 14.3. The number of carbonyl (C=O) groups excluding carboxylic acids is 1. The summed E-state index contributed by atoms with van der Waals surface area (Å²) in [5.74, 6) is -2.60. The number of carbonyl (C=O) groups is 1. The highest BCUT2D eigenvalue weighted by atomic mass is 35.5. The maximum Gasteiger partial charge on any atom is 0.256 e. The Labute approximate surface area is 175 Å². The molecule has 0 aliphatic carbocycles. The van der Waals surface area contributed by atoms with Crippen LogP contribution in [0.5, 0.6) is 0 Å². The fourth-order valence-corrected chi connectivity index (χ4v) is 3.86. The Morgan fingerprint density at radius 2 is 1.87 bits per heavy atom. The van der Waals surface area contributed by atoms with Gasteiger partial charge in [0.2, 0.25) is 5.91 Å². The van der Waals surface area contributed by atoms with Gasteiger partial charge in [-0.2, -0.15) is 0 Å². The lowest BCUT2D eigenvalue weighted by molar-refractivity contribution is -0.135. The summed E-state index contributed by atoms with van der Waals surface area (Å²) in [5, 5.41) is 0.758. The van der Waals surface area contributed by atoms with Crippen LogP contribution in [0.3, 0.4) is 0 Å². The van der Waals surface area contributed by atoms with Gasteiger partial charge in [0.25, 0.3) is 5.56 Å². The van der Waals surface area contributed by atoms with Crippen molar-refractivity contribution in [3.8, 4) is 0 Å². The first-order valence-corrected chi connectivity index (χ1v) is 9.55. The number of hydrogen-bond donors (Lipinski definition) is 2. The molecule has 0 fully saturated rings. The number of rotatable bonds is 3. The number of amides is 1. The second-order valence-electron chi connectivity index (χ2n) is 7.17. The number of fused-ring (bicyclic) bond motifs is 3. The van der Waals surface area contributed by atoms with Crippen LogP contribution in [-0.2, 0) is 16.1 Å². The maximum absolute atomic E-state index is 14.0. The lowest BCUT2D eigenvalue weighted by Gasteiger charge is -2.35. The molecule has 3 N–H and O–H groups in total. The number of halogens is 3. The van der Waals surface area contributed by atoms with Crippen molar-refractivity contribution in [1.29, 1.82) is 0 Å². The summed E-state index contributed by atoms with van der Waals surface area (Å²) in [6, 6.07) is 6.83. The van der Waals surface area contributed by atoms with Crippen LogP contribution in [0.25, 0.3) is 10.8 Å². The molecule has 1 aliphatic rings. The minimum Gasteiger partial charge on any atom is -0.373 e. The Bertz CT molecular complexity index is 1200. The van der Waals surface area contributed by atoms with E-state index in [2.05, 4.69) is 4.98 Å². The maximum atomic E-state index is 14.0. The van der Waals surface area contributed by atoms with Gasteiger partial charge in [0.05, 0.1) is 24.6 Å². The SMILES string of the molecule is CN(C(=O)C(N)c1ccc(Cl)cc1)C1COCc2[nH]c(=O)c3cc(F)c(F)cc3c21. The highest BCUT2D eigenvalue weighted by Crippen LogP contribution is 2.34. The first kappa shape index (κ1) is 20.5. The van der Waals surface area contributed by atoms with Crippen molar-refractivity contribution in [3.63, 3.8) is 0 Å². The fraction of sp³-hybridized carbons (Fsp3) is 0.238. The van der Waals surface area contributed by atoms with Gasteiger partial charge in [-0.05, 0) is 35.2 Å². The normalized spacial score (nSPS) is 16.9. The Kier molecular flexibility index (Phi) is 5.31. The smallest absolute Gasteiger partial charge is 0.256 e. The zero-order chi connectivity index (χ0) is 21.6. The largest absolute Gasteiger partial charge is 0.373 e. The van der Waals surface area contributed by atoms with E-state index >= 15 is 0 Å². The molecular formula is C21H18ClF2N3O3. The van der Waals surface area contributed by atoms with Crippen molar-refractivity contribution in [2.75, 3.05) is 13.7 Å². The number of aromatic amines is 1. The summed E-state index contributed by atoms with van der Waals surface area (Å²) in [4.78, 5) is 29.5. The van der Waals surface area contributed by atoms with Gasteiger partial charge in [0.1, 0.15) is 6.04 Å². The van der Waals surface area contributed by atoms with Crippen molar-refractivity contribution in [2.24, 2.45) is 5.73 Å². The quantitative estimate of drug-likeness (QED) is 0.664. The number of benzene rings is 2. The minimum atomic E-state index is -1.12. The Hall–Kier alpha value is -2.81. The number of aromatic nitrogens is 1. The van der Waals surface area contributed by atoms with Gasteiger partial charge in [0.15, 0.2) is 11.6 Å². The van der Waals surface area contributed by atoms with E-state index in [1.165, 1.54) is 4.90 Å². The molecule has 9 heteroatoms. The zero-order valence-electron chi connectivity index (χ0n) is 15.9. The summed E-state index contributed by atoms with van der Waals surface area (Å²) in [6.07, 6.45) is 0. The number of H-pyrrole nitrogens is 1. The predicted molar refractivity (Wildman–Crippen MR) is 108 cm³/mol. The minimum absolute atomic E-state index is 0.00222. The summed E-state index contributed by atoms with van der Waals surface area (Å²) in [7, 11) is 1.55. The van der Waals surface area contributed by atoms with E-state index in [0.29, 0.717) is 21.8 Å². The molecule has 3 aromatic rings. The molecule has 2 heterocycles. The van der Waals surface area contributed by atoms with E-state index in [1.807, 2.05) is 0 Å². The lowest BCUT2D eigenvalue weighted by Crippen LogP contribution is -2.42. The molecule has 1 aliphatic heterocycles. The van der Waals surface area contributed by atoms with E-state index in [0.717, 1.165) is 12.1 Å². The molecule has 0 saturated carbocycles. The number of hydrogen-bond acceptors (Lipinski definition) is 4. The number of nitrogens with two attached hydrogens (primary N) is 1. The van der Waals surface area contributed by atoms with Gasteiger partial charge >= 0.3 is 0 Å². The van der Waals surface area contributed by atoms with Gasteiger partial charge in [-0.15, -0.1) is 0 Å². The number of nitrogens with zero attached hydrogens (tertiary/aromatic N) is 1. The molecule has 30 heavy (non-hydrogen) atoms. The molecule has 2 atom stereocenters. The number of likely N-dealkylation sites (N-methyl/N-ethyl adjacent to an activating group) is 1. The van der Waals surface area contributed by atoms with Gasteiger partial charge < -0.3 is 20.4 Å².